The van der Waals surface area contributed by atoms with Gasteiger partial charge in [-0.05, 0) is 32.1 Å². The van der Waals surface area contributed by atoms with Crippen LogP contribution in [0.15, 0.2) is 12.2 Å². The van der Waals surface area contributed by atoms with Crippen LogP contribution in [0.4, 0.5) is 0 Å². The molecule has 0 aromatic rings. The maximum absolute atomic E-state index is 12.1. The van der Waals surface area contributed by atoms with Gasteiger partial charge in [0.2, 0.25) is 0 Å². The molecule has 0 saturated heterocycles. The Bertz CT molecular complexity index is 473. The molecule has 0 radical (unpaired) electrons. The molecule has 0 aromatic carbocycles. The maximum Gasteiger partial charge on any atom is 0.253 e. The summed E-state index contributed by atoms with van der Waals surface area (Å²) < 4.78 is 0. The van der Waals surface area contributed by atoms with Crippen molar-refractivity contribution in [1.29, 1.82) is 0 Å². The van der Waals surface area contributed by atoms with Crippen molar-refractivity contribution in [3.05, 3.63) is 12.2 Å². The van der Waals surface area contributed by atoms with Crippen LogP contribution >= 0.6 is 0 Å². The Hall–Kier alpha value is -0.990. The third-order valence-corrected chi connectivity index (χ3v) is 5.89. The molecule has 7 heteroatoms. The first-order valence-electron chi connectivity index (χ1n) is 12.6. The van der Waals surface area contributed by atoms with Crippen molar-refractivity contribution in [1.82, 2.24) is 4.90 Å². The molecule has 0 unspecified atom stereocenters. The minimum atomic E-state index is -1.85. The second kappa shape index (κ2) is 20.6. The van der Waals surface area contributed by atoms with Crippen LogP contribution in [0.2, 0.25) is 0 Å². The molecule has 190 valence electrons. The lowest BCUT2D eigenvalue weighted by atomic mass is 10.0. The molecule has 0 fully saturated rings. The highest BCUT2D eigenvalue weighted by atomic mass is 16.4. The third-order valence-electron chi connectivity index (χ3n) is 5.89. The number of amides is 1. The van der Waals surface area contributed by atoms with Crippen molar-refractivity contribution in [2.45, 2.75) is 121 Å². The number of rotatable bonds is 21. The Balaban J connectivity index is 3.69. The smallest absolute Gasteiger partial charge is 0.253 e. The first-order valence-corrected chi connectivity index (χ1v) is 12.6. The van der Waals surface area contributed by atoms with Gasteiger partial charge in [-0.1, -0.05) is 76.9 Å². The molecular formula is C25H49NO6. The molecular weight excluding hydrogens is 410 g/mol. The Kier molecular flexibility index (Phi) is 20.0. The van der Waals surface area contributed by atoms with E-state index in [2.05, 4.69) is 19.1 Å². The molecule has 0 rings (SSSR count). The van der Waals surface area contributed by atoms with E-state index < -0.39 is 36.9 Å². The molecule has 0 aliphatic heterocycles. The molecule has 5 N–H and O–H groups in total. The SMILES string of the molecule is CCCCCCCC/C=C\CCCCCCCCN(C)C(=O)[C@H](O)[C@@H](O)[C@H](O)[C@H](O)CO. The van der Waals surface area contributed by atoms with Crippen molar-refractivity contribution < 1.29 is 30.3 Å². The average Bonchev–Trinajstić information content (AvgIpc) is 2.81. The van der Waals surface area contributed by atoms with Crippen molar-refractivity contribution in [3.8, 4) is 0 Å². The van der Waals surface area contributed by atoms with Crippen LogP contribution in [0, 0.1) is 0 Å². The number of unbranched alkanes of at least 4 members (excludes halogenated alkanes) is 12. The van der Waals surface area contributed by atoms with E-state index in [1.807, 2.05) is 0 Å². The topological polar surface area (TPSA) is 121 Å². The lowest BCUT2D eigenvalue weighted by Crippen LogP contribution is -2.52. The average molecular weight is 460 g/mol. The summed E-state index contributed by atoms with van der Waals surface area (Å²) >= 11 is 0. The van der Waals surface area contributed by atoms with Gasteiger partial charge in [0.1, 0.15) is 18.3 Å². The number of aliphatic hydroxyl groups excluding tert-OH is 5. The molecule has 0 aliphatic rings. The van der Waals surface area contributed by atoms with Gasteiger partial charge in [-0.15, -0.1) is 0 Å². The number of nitrogens with zero attached hydrogens (tertiary/aromatic N) is 1. The molecule has 0 saturated carbocycles. The summed E-state index contributed by atoms with van der Waals surface area (Å²) in [4.78, 5) is 13.5. The molecule has 4 atom stereocenters. The summed E-state index contributed by atoms with van der Waals surface area (Å²) in [7, 11) is 1.53. The largest absolute Gasteiger partial charge is 0.394 e. The predicted molar refractivity (Wildman–Crippen MR) is 128 cm³/mol. The second-order valence-corrected chi connectivity index (χ2v) is 8.87. The molecule has 0 spiro atoms. The van der Waals surface area contributed by atoms with Gasteiger partial charge in [0.05, 0.1) is 6.61 Å². The fraction of sp³-hybridized carbons (Fsp3) is 0.880. The van der Waals surface area contributed by atoms with E-state index in [0.29, 0.717) is 6.54 Å². The summed E-state index contributed by atoms with van der Waals surface area (Å²) in [5.41, 5.74) is 0. The monoisotopic (exact) mass is 459 g/mol. The molecule has 0 aliphatic carbocycles. The van der Waals surface area contributed by atoms with E-state index in [0.717, 1.165) is 32.1 Å². The van der Waals surface area contributed by atoms with Crippen molar-refractivity contribution in [3.63, 3.8) is 0 Å². The number of carbonyl (C=O) groups is 1. The van der Waals surface area contributed by atoms with Crippen LogP contribution in [-0.4, -0.2) is 81.0 Å². The van der Waals surface area contributed by atoms with Crippen LogP contribution in [0.1, 0.15) is 96.8 Å². The fourth-order valence-electron chi connectivity index (χ4n) is 3.60. The minimum Gasteiger partial charge on any atom is -0.394 e. The second-order valence-electron chi connectivity index (χ2n) is 8.87. The number of hydrogen-bond donors (Lipinski definition) is 5. The molecule has 1 amide bonds. The van der Waals surface area contributed by atoms with E-state index >= 15 is 0 Å². The lowest BCUT2D eigenvalue weighted by molar-refractivity contribution is -0.157. The van der Waals surface area contributed by atoms with Crippen LogP contribution in [0.25, 0.3) is 0 Å². The molecule has 0 aromatic heterocycles. The molecule has 0 bridgehead atoms. The zero-order chi connectivity index (χ0) is 24.2. The first-order chi connectivity index (χ1) is 15.4. The number of carbonyl (C=O) groups excluding carboxylic acids is 1. The third kappa shape index (κ3) is 15.0. The number of hydrogen-bond acceptors (Lipinski definition) is 6. The number of aliphatic hydroxyl groups is 5. The van der Waals surface area contributed by atoms with Crippen LogP contribution in [0.3, 0.4) is 0 Å². The predicted octanol–water partition coefficient (Wildman–Crippen LogP) is 2.92. The minimum absolute atomic E-state index is 0.447. The quantitative estimate of drug-likeness (QED) is 0.133. The first kappa shape index (κ1) is 31.0. The van der Waals surface area contributed by atoms with Gasteiger partial charge in [0.15, 0.2) is 6.10 Å². The Morgan fingerprint density at radius 1 is 0.750 bits per heavy atom. The summed E-state index contributed by atoms with van der Waals surface area (Å²) in [6.07, 6.45) is 14.4. The molecule has 0 heterocycles. The Morgan fingerprint density at radius 2 is 1.22 bits per heavy atom. The standard InChI is InChI=1S/C25H49NO6/c1-3-4-5-6-7-8-9-10-11-12-13-14-15-16-17-18-19-26(2)25(32)24(31)23(30)22(29)21(28)20-27/h10-11,21-24,27-31H,3-9,12-20H2,1-2H3/b11-10-/t21-,22-,23+,24-/m1/s1. The van der Waals surface area contributed by atoms with E-state index in [1.165, 1.54) is 69.7 Å². The highest BCUT2D eigenvalue weighted by molar-refractivity contribution is 5.81. The van der Waals surface area contributed by atoms with Gasteiger partial charge in [-0.2, -0.15) is 0 Å². The van der Waals surface area contributed by atoms with E-state index in [9.17, 15) is 25.2 Å². The molecule has 7 nitrogen and oxygen atoms in total. The van der Waals surface area contributed by atoms with Crippen LogP contribution in [-0.2, 0) is 4.79 Å². The van der Waals surface area contributed by atoms with Crippen molar-refractivity contribution in [2.75, 3.05) is 20.2 Å². The Morgan fingerprint density at radius 3 is 1.72 bits per heavy atom. The van der Waals surface area contributed by atoms with E-state index in [4.69, 9.17) is 5.11 Å². The van der Waals surface area contributed by atoms with Crippen molar-refractivity contribution in [2.24, 2.45) is 0 Å². The maximum atomic E-state index is 12.1. The summed E-state index contributed by atoms with van der Waals surface area (Å²) in [6.45, 7) is 1.92. The highest BCUT2D eigenvalue weighted by Gasteiger charge is 2.35. The summed E-state index contributed by atoms with van der Waals surface area (Å²) in [5, 5.41) is 47.4. The van der Waals surface area contributed by atoms with Gasteiger partial charge in [0.25, 0.3) is 5.91 Å². The van der Waals surface area contributed by atoms with Crippen LogP contribution < -0.4 is 0 Å². The number of likely N-dealkylation sites (N-methyl/N-ethyl adjacent to an activating group) is 1. The van der Waals surface area contributed by atoms with Gasteiger partial charge in [-0.25, -0.2) is 0 Å². The highest BCUT2D eigenvalue weighted by Crippen LogP contribution is 2.11. The van der Waals surface area contributed by atoms with E-state index in [1.54, 1.807) is 0 Å². The normalized spacial score (nSPS) is 15.6. The van der Waals surface area contributed by atoms with Gasteiger partial charge >= 0.3 is 0 Å². The fourth-order valence-corrected chi connectivity index (χ4v) is 3.60. The van der Waals surface area contributed by atoms with E-state index in [-0.39, 0.29) is 0 Å². The van der Waals surface area contributed by atoms with Gasteiger partial charge in [0, 0.05) is 13.6 Å². The van der Waals surface area contributed by atoms with Gasteiger partial charge < -0.3 is 30.4 Å². The van der Waals surface area contributed by atoms with Gasteiger partial charge in [-0.3, -0.25) is 4.79 Å². The Labute approximate surface area is 195 Å². The zero-order valence-electron chi connectivity index (χ0n) is 20.4. The summed E-state index contributed by atoms with van der Waals surface area (Å²) in [5.74, 6) is -0.713. The number of allylic oxidation sites excluding steroid dienone is 2. The molecule has 32 heavy (non-hydrogen) atoms. The van der Waals surface area contributed by atoms with Crippen molar-refractivity contribution >= 4 is 5.91 Å². The zero-order valence-corrected chi connectivity index (χ0v) is 20.4. The lowest BCUT2D eigenvalue weighted by Gasteiger charge is -2.28. The summed E-state index contributed by atoms with van der Waals surface area (Å²) in [6, 6.07) is 0. The van der Waals surface area contributed by atoms with Crippen LogP contribution in [0.5, 0.6) is 0 Å².